The predicted molar refractivity (Wildman–Crippen MR) is 75.1 cm³/mol. The molecule has 1 aromatic rings. The van der Waals surface area contributed by atoms with Crippen LogP contribution in [-0.2, 0) is 16.1 Å². The molecule has 5 nitrogen and oxygen atoms in total. The highest BCUT2D eigenvalue weighted by Crippen LogP contribution is 2.16. The second kappa shape index (κ2) is 6.52. The summed E-state index contributed by atoms with van der Waals surface area (Å²) in [6, 6.07) is 9.88. The summed E-state index contributed by atoms with van der Waals surface area (Å²) >= 11 is 0. The fourth-order valence-corrected chi connectivity index (χ4v) is 2.60. The molecule has 1 aliphatic heterocycles. The summed E-state index contributed by atoms with van der Waals surface area (Å²) in [6.45, 7) is 4.13. The van der Waals surface area contributed by atoms with Gasteiger partial charge in [0.15, 0.2) is 0 Å². The largest absolute Gasteiger partial charge is 0.481 e. The maximum Gasteiger partial charge on any atom is 0.305 e. The van der Waals surface area contributed by atoms with Crippen molar-refractivity contribution in [1.29, 1.82) is 0 Å². The minimum Gasteiger partial charge on any atom is -0.481 e. The minimum atomic E-state index is -0.821. The number of carbonyl (C=O) groups is 2. The van der Waals surface area contributed by atoms with Crippen LogP contribution in [0.1, 0.15) is 18.9 Å². The number of carboxylic acid groups (broad SMARTS) is 1. The summed E-state index contributed by atoms with van der Waals surface area (Å²) in [5, 5.41) is 9.04. The van der Waals surface area contributed by atoms with Crippen molar-refractivity contribution >= 4 is 11.9 Å². The number of carboxylic acids is 1. The van der Waals surface area contributed by atoms with Gasteiger partial charge in [0.1, 0.15) is 0 Å². The number of carbonyl (C=O) groups excluding carboxylic acids is 1. The van der Waals surface area contributed by atoms with Crippen LogP contribution in [0, 0.1) is 0 Å². The maximum atomic E-state index is 11.5. The Morgan fingerprint density at radius 1 is 1.25 bits per heavy atom. The third kappa shape index (κ3) is 3.81. The van der Waals surface area contributed by atoms with Crippen LogP contribution in [0.3, 0.4) is 0 Å². The van der Waals surface area contributed by atoms with Crippen molar-refractivity contribution in [2.75, 3.05) is 19.6 Å². The van der Waals surface area contributed by atoms with Crippen LogP contribution < -0.4 is 0 Å². The Balaban J connectivity index is 2.06. The van der Waals surface area contributed by atoms with Gasteiger partial charge in [0, 0.05) is 39.1 Å². The molecule has 2 rings (SSSR count). The van der Waals surface area contributed by atoms with Crippen LogP contribution in [-0.4, -0.2) is 52.5 Å². The second-order valence-corrected chi connectivity index (χ2v) is 5.17. The molecule has 1 aromatic carbocycles. The highest BCUT2D eigenvalue weighted by molar-refractivity contribution is 5.73. The number of hydrogen-bond acceptors (Lipinski definition) is 3. The second-order valence-electron chi connectivity index (χ2n) is 5.17. The standard InChI is InChI=1S/C15H20N2O3/c1-12(18)16-7-8-17(14(11-16)9-15(19)20)10-13-5-3-2-4-6-13/h2-6,14H,7-11H2,1H3,(H,19,20)/t14-/m1/s1. The molecular weight excluding hydrogens is 256 g/mol. The highest BCUT2D eigenvalue weighted by atomic mass is 16.4. The number of benzene rings is 1. The number of piperazine rings is 1. The van der Waals surface area contributed by atoms with Gasteiger partial charge >= 0.3 is 5.97 Å². The number of aliphatic carboxylic acids is 1. The van der Waals surface area contributed by atoms with E-state index in [1.165, 1.54) is 12.5 Å². The summed E-state index contributed by atoms with van der Waals surface area (Å²) < 4.78 is 0. The van der Waals surface area contributed by atoms with Crippen molar-refractivity contribution in [3.63, 3.8) is 0 Å². The molecule has 108 valence electrons. The molecule has 0 aliphatic carbocycles. The van der Waals surface area contributed by atoms with E-state index >= 15 is 0 Å². The highest BCUT2D eigenvalue weighted by Gasteiger charge is 2.29. The summed E-state index contributed by atoms with van der Waals surface area (Å²) in [7, 11) is 0. The Morgan fingerprint density at radius 3 is 2.55 bits per heavy atom. The van der Waals surface area contributed by atoms with E-state index in [0.29, 0.717) is 19.6 Å². The first-order valence-electron chi connectivity index (χ1n) is 6.81. The lowest BCUT2D eigenvalue weighted by Crippen LogP contribution is -2.54. The van der Waals surface area contributed by atoms with Crippen molar-refractivity contribution in [3.8, 4) is 0 Å². The summed E-state index contributed by atoms with van der Waals surface area (Å²) in [4.78, 5) is 26.4. The van der Waals surface area contributed by atoms with Crippen LogP contribution in [0.25, 0.3) is 0 Å². The first-order chi connectivity index (χ1) is 9.56. The van der Waals surface area contributed by atoms with Crippen molar-refractivity contribution in [2.45, 2.75) is 25.9 Å². The van der Waals surface area contributed by atoms with E-state index in [0.717, 1.165) is 6.54 Å². The molecule has 1 atom stereocenters. The molecule has 1 fully saturated rings. The maximum absolute atomic E-state index is 11.5. The Kier molecular flexibility index (Phi) is 4.74. The number of hydrogen-bond donors (Lipinski definition) is 1. The zero-order valence-electron chi connectivity index (χ0n) is 11.7. The fraction of sp³-hybridized carbons (Fsp3) is 0.467. The quantitative estimate of drug-likeness (QED) is 0.897. The average molecular weight is 276 g/mol. The molecule has 0 bridgehead atoms. The van der Waals surface area contributed by atoms with Gasteiger partial charge in [-0.15, -0.1) is 0 Å². The van der Waals surface area contributed by atoms with Gasteiger partial charge in [-0.2, -0.15) is 0 Å². The van der Waals surface area contributed by atoms with E-state index in [1.807, 2.05) is 30.3 Å². The van der Waals surface area contributed by atoms with Gasteiger partial charge in [-0.25, -0.2) is 0 Å². The number of rotatable bonds is 4. The Morgan fingerprint density at radius 2 is 1.95 bits per heavy atom. The van der Waals surface area contributed by atoms with Crippen molar-refractivity contribution in [3.05, 3.63) is 35.9 Å². The molecule has 1 amide bonds. The van der Waals surface area contributed by atoms with Crippen molar-refractivity contribution < 1.29 is 14.7 Å². The molecule has 1 heterocycles. The first-order valence-corrected chi connectivity index (χ1v) is 6.81. The van der Waals surface area contributed by atoms with Gasteiger partial charge in [0.05, 0.1) is 6.42 Å². The van der Waals surface area contributed by atoms with Crippen LogP contribution in [0.15, 0.2) is 30.3 Å². The van der Waals surface area contributed by atoms with Gasteiger partial charge in [-0.1, -0.05) is 30.3 Å². The third-order valence-electron chi connectivity index (χ3n) is 3.69. The van der Waals surface area contributed by atoms with Gasteiger partial charge < -0.3 is 10.0 Å². The molecule has 1 N–H and O–H groups in total. The average Bonchev–Trinajstić information content (AvgIpc) is 2.41. The van der Waals surface area contributed by atoms with Crippen molar-refractivity contribution in [1.82, 2.24) is 9.80 Å². The predicted octanol–water partition coefficient (Wildman–Crippen LogP) is 1.19. The lowest BCUT2D eigenvalue weighted by molar-refractivity contribution is -0.141. The molecule has 0 radical (unpaired) electrons. The monoisotopic (exact) mass is 276 g/mol. The molecular formula is C15H20N2O3. The Labute approximate surface area is 118 Å². The van der Waals surface area contributed by atoms with Crippen LogP contribution >= 0.6 is 0 Å². The van der Waals surface area contributed by atoms with Crippen molar-refractivity contribution in [2.24, 2.45) is 0 Å². The third-order valence-corrected chi connectivity index (χ3v) is 3.69. The first kappa shape index (κ1) is 14.5. The molecule has 1 aliphatic rings. The molecule has 5 heteroatoms. The van der Waals surface area contributed by atoms with E-state index < -0.39 is 5.97 Å². The summed E-state index contributed by atoms with van der Waals surface area (Å²) in [5.74, 6) is -0.807. The SMILES string of the molecule is CC(=O)N1CCN(Cc2ccccc2)[C@H](CC(=O)O)C1. The lowest BCUT2D eigenvalue weighted by atomic mass is 10.1. The smallest absolute Gasteiger partial charge is 0.305 e. The Hall–Kier alpha value is -1.88. The van der Waals surface area contributed by atoms with Gasteiger partial charge in [-0.05, 0) is 5.56 Å². The molecule has 0 aromatic heterocycles. The zero-order chi connectivity index (χ0) is 14.5. The van der Waals surface area contributed by atoms with Crippen LogP contribution in [0.5, 0.6) is 0 Å². The lowest BCUT2D eigenvalue weighted by Gasteiger charge is -2.40. The van der Waals surface area contributed by atoms with Gasteiger partial charge in [-0.3, -0.25) is 14.5 Å². The van der Waals surface area contributed by atoms with E-state index in [1.54, 1.807) is 4.90 Å². The normalized spacial score (nSPS) is 19.9. The number of nitrogens with zero attached hydrogens (tertiary/aromatic N) is 2. The van der Waals surface area contributed by atoms with Crippen LogP contribution in [0.2, 0.25) is 0 Å². The zero-order valence-corrected chi connectivity index (χ0v) is 11.7. The van der Waals surface area contributed by atoms with E-state index in [9.17, 15) is 9.59 Å². The summed E-state index contributed by atoms with van der Waals surface area (Å²) in [5.41, 5.74) is 1.17. The topological polar surface area (TPSA) is 60.9 Å². The molecule has 0 spiro atoms. The molecule has 20 heavy (non-hydrogen) atoms. The molecule has 0 unspecified atom stereocenters. The molecule has 0 saturated carbocycles. The molecule has 1 saturated heterocycles. The van der Waals surface area contributed by atoms with E-state index in [-0.39, 0.29) is 18.4 Å². The van der Waals surface area contributed by atoms with E-state index in [4.69, 9.17) is 5.11 Å². The summed E-state index contributed by atoms with van der Waals surface area (Å²) in [6.07, 6.45) is 0.0661. The van der Waals surface area contributed by atoms with Gasteiger partial charge in [0.2, 0.25) is 5.91 Å². The van der Waals surface area contributed by atoms with E-state index in [2.05, 4.69) is 4.90 Å². The fourth-order valence-electron chi connectivity index (χ4n) is 2.60. The minimum absolute atomic E-state index is 0.0137. The number of amides is 1. The Bertz CT molecular complexity index is 475. The van der Waals surface area contributed by atoms with Crippen LogP contribution in [0.4, 0.5) is 0 Å². The van der Waals surface area contributed by atoms with Gasteiger partial charge in [0.25, 0.3) is 0 Å².